The van der Waals surface area contributed by atoms with E-state index in [9.17, 15) is 10.2 Å². The van der Waals surface area contributed by atoms with Gasteiger partial charge in [0.05, 0.1) is 0 Å². The normalized spacial score (nSPS) is 22.9. The molecule has 4 nitrogen and oxygen atoms in total. The lowest BCUT2D eigenvalue weighted by Gasteiger charge is -2.35. The van der Waals surface area contributed by atoms with Gasteiger partial charge < -0.3 is 15.5 Å². The Morgan fingerprint density at radius 2 is 1.89 bits per heavy atom. The fraction of sp³-hybridized carbons (Fsp3) is 0.571. The van der Waals surface area contributed by atoms with Crippen LogP contribution < -0.4 is 5.32 Å². The molecular weight excluding hydrogens is 228 g/mol. The third kappa shape index (κ3) is 2.31. The van der Waals surface area contributed by atoms with Gasteiger partial charge in [-0.25, -0.2) is 0 Å². The number of phenols is 2. The van der Waals surface area contributed by atoms with Crippen LogP contribution in [0.4, 0.5) is 0 Å². The van der Waals surface area contributed by atoms with E-state index in [-0.39, 0.29) is 11.5 Å². The average Bonchev–Trinajstić information content (AvgIpc) is 3.18. The Morgan fingerprint density at radius 1 is 1.17 bits per heavy atom. The molecule has 0 spiro atoms. The van der Waals surface area contributed by atoms with Gasteiger partial charge >= 0.3 is 0 Å². The van der Waals surface area contributed by atoms with Crippen molar-refractivity contribution in [1.29, 1.82) is 0 Å². The SMILES string of the molecule is Oc1ccc([C@H](C2CC2)N2CCNCC2)c(O)c1. The molecule has 0 aromatic heterocycles. The van der Waals surface area contributed by atoms with Crippen molar-refractivity contribution in [3.63, 3.8) is 0 Å². The Hall–Kier alpha value is -1.26. The van der Waals surface area contributed by atoms with Gasteiger partial charge in [-0.15, -0.1) is 0 Å². The Labute approximate surface area is 107 Å². The highest BCUT2D eigenvalue weighted by molar-refractivity contribution is 5.41. The first-order valence-corrected chi connectivity index (χ1v) is 6.72. The summed E-state index contributed by atoms with van der Waals surface area (Å²) in [7, 11) is 0. The Morgan fingerprint density at radius 3 is 2.50 bits per heavy atom. The van der Waals surface area contributed by atoms with E-state index in [2.05, 4.69) is 10.2 Å². The minimum atomic E-state index is 0.131. The largest absolute Gasteiger partial charge is 0.508 e. The topological polar surface area (TPSA) is 55.7 Å². The molecule has 1 aliphatic heterocycles. The number of benzene rings is 1. The Bertz CT molecular complexity index is 426. The zero-order valence-corrected chi connectivity index (χ0v) is 10.5. The van der Waals surface area contributed by atoms with E-state index in [0.717, 1.165) is 31.7 Å². The van der Waals surface area contributed by atoms with Gasteiger partial charge in [0.25, 0.3) is 0 Å². The molecular formula is C14H20N2O2. The number of nitrogens with one attached hydrogen (secondary N) is 1. The van der Waals surface area contributed by atoms with E-state index in [4.69, 9.17) is 0 Å². The van der Waals surface area contributed by atoms with Crippen LogP contribution in [0.3, 0.4) is 0 Å². The van der Waals surface area contributed by atoms with E-state index in [1.165, 1.54) is 18.9 Å². The van der Waals surface area contributed by atoms with Gasteiger partial charge in [-0.2, -0.15) is 0 Å². The molecule has 1 saturated carbocycles. The molecule has 2 fully saturated rings. The van der Waals surface area contributed by atoms with Crippen molar-refractivity contribution in [2.24, 2.45) is 5.92 Å². The molecule has 0 amide bonds. The van der Waals surface area contributed by atoms with Crippen molar-refractivity contribution in [3.8, 4) is 11.5 Å². The standard InChI is InChI=1S/C14H20N2O2/c17-11-3-4-12(13(18)9-11)14(10-1-2-10)16-7-5-15-6-8-16/h3-4,9-10,14-15,17-18H,1-2,5-8H2/t14-/m0/s1. The number of hydrogen-bond acceptors (Lipinski definition) is 4. The first-order chi connectivity index (χ1) is 8.75. The third-order valence-electron chi connectivity index (χ3n) is 3.95. The molecule has 3 rings (SSSR count). The maximum Gasteiger partial charge on any atom is 0.124 e. The van der Waals surface area contributed by atoms with Crippen LogP contribution in [0.1, 0.15) is 24.4 Å². The van der Waals surface area contributed by atoms with Crippen molar-refractivity contribution < 1.29 is 10.2 Å². The molecule has 0 radical (unpaired) electrons. The quantitative estimate of drug-likeness (QED) is 0.758. The molecule has 1 aromatic rings. The second-order valence-corrected chi connectivity index (χ2v) is 5.31. The summed E-state index contributed by atoms with van der Waals surface area (Å²) in [6.45, 7) is 4.09. The van der Waals surface area contributed by atoms with Gasteiger partial charge in [0.15, 0.2) is 0 Å². The molecule has 4 heteroatoms. The highest BCUT2D eigenvalue weighted by Crippen LogP contribution is 2.47. The van der Waals surface area contributed by atoms with Crippen LogP contribution in [0.15, 0.2) is 18.2 Å². The zero-order valence-electron chi connectivity index (χ0n) is 10.5. The van der Waals surface area contributed by atoms with Crippen molar-refractivity contribution in [2.45, 2.75) is 18.9 Å². The first-order valence-electron chi connectivity index (χ1n) is 6.72. The van der Waals surface area contributed by atoms with Crippen LogP contribution in [0.2, 0.25) is 0 Å². The second-order valence-electron chi connectivity index (χ2n) is 5.31. The van der Waals surface area contributed by atoms with Crippen LogP contribution in [0.25, 0.3) is 0 Å². The van der Waals surface area contributed by atoms with Gasteiger partial charge in [0.1, 0.15) is 11.5 Å². The van der Waals surface area contributed by atoms with Gasteiger partial charge in [-0.3, -0.25) is 4.90 Å². The molecule has 1 aliphatic carbocycles. The minimum absolute atomic E-state index is 0.131. The van der Waals surface area contributed by atoms with Crippen molar-refractivity contribution in [2.75, 3.05) is 26.2 Å². The van der Waals surface area contributed by atoms with Crippen LogP contribution in [0, 0.1) is 5.92 Å². The number of phenolic OH excluding ortho intramolecular Hbond substituents is 2. The van der Waals surface area contributed by atoms with E-state index in [1.54, 1.807) is 6.07 Å². The summed E-state index contributed by atoms with van der Waals surface area (Å²) in [5.74, 6) is 1.02. The summed E-state index contributed by atoms with van der Waals surface area (Å²) in [5, 5.41) is 22.8. The van der Waals surface area contributed by atoms with Crippen LogP contribution in [-0.2, 0) is 0 Å². The molecule has 1 saturated heterocycles. The summed E-state index contributed by atoms with van der Waals surface area (Å²) in [6.07, 6.45) is 2.49. The molecule has 2 aliphatic rings. The maximum atomic E-state index is 10.1. The number of aromatic hydroxyl groups is 2. The summed E-state index contributed by atoms with van der Waals surface area (Å²) in [6, 6.07) is 5.31. The number of piperazine rings is 1. The predicted molar refractivity (Wildman–Crippen MR) is 69.7 cm³/mol. The fourth-order valence-electron chi connectivity index (χ4n) is 2.90. The minimum Gasteiger partial charge on any atom is -0.508 e. The highest BCUT2D eigenvalue weighted by atomic mass is 16.3. The molecule has 0 unspecified atom stereocenters. The lowest BCUT2D eigenvalue weighted by Crippen LogP contribution is -2.45. The average molecular weight is 248 g/mol. The monoisotopic (exact) mass is 248 g/mol. The molecule has 1 atom stereocenters. The number of hydrogen-bond donors (Lipinski definition) is 3. The molecule has 1 heterocycles. The van der Waals surface area contributed by atoms with Gasteiger partial charge in [-0.1, -0.05) is 6.07 Å². The second kappa shape index (κ2) is 4.78. The molecule has 0 bridgehead atoms. The number of rotatable bonds is 3. The van der Waals surface area contributed by atoms with Crippen molar-refractivity contribution in [1.82, 2.24) is 10.2 Å². The van der Waals surface area contributed by atoms with Gasteiger partial charge in [0.2, 0.25) is 0 Å². The molecule has 3 N–H and O–H groups in total. The highest BCUT2D eigenvalue weighted by Gasteiger charge is 2.37. The van der Waals surface area contributed by atoms with Crippen LogP contribution >= 0.6 is 0 Å². The Kier molecular flexibility index (Phi) is 3.14. The van der Waals surface area contributed by atoms with Crippen molar-refractivity contribution >= 4 is 0 Å². The summed E-state index contributed by atoms with van der Waals surface area (Å²) < 4.78 is 0. The van der Waals surface area contributed by atoms with Crippen LogP contribution in [0.5, 0.6) is 11.5 Å². The summed E-state index contributed by atoms with van der Waals surface area (Å²) in [4.78, 5) is 2.46. The number of nitrogens with zero attached hydrogens (tertiary/aromatic N) is 1. The van der Waals surface area contributed by atoms with Gasteiger partial charge in [0, 0.05) is 43.9 Å². The zero-order chi connectivity index (χ0) is 12.5. The summed E-state index contributed by atoms with van der Waals surface area (Å²) >= 11 is 0. The van der Waals surface area contributed by atoms with E-state index >= 15 is 0 Å². The Balaban J connectivity index is 1.88. The molecule has 98 valence electrons. The van der Waals surface area contributed by atoms with E-state index in [0.29, 0.717) is 12.0 Å². The lowest BCUT2D eigenvalue weighted by atomic mass is 9.98. The molecule has 1 aromatic carbocycles. The predicted octanol–water partition coefficient (Wildman–Crippen LogP) is 1.45. The van der Waals surface area contributed by atoms with E-state index < -0.39 is 0 Å². The molecule has 18 heavy (non-hydrogen) atoms. The van der Waals surface area contributed by atoms with Gasteiger partial charge in [-0.05, 0) is 24.8 Å². The fourth-order valence-corrected chi connectivity index (χ4v) is 2.90. The third-order valence-corrected chi connectivity index (χ3v) is 3.95. The maximum absolute atomic E-state index is 10.1. The summed E-state index contributed by atoms with van der Waals surface area (Å²) in [5.41, 5.74) is 0.970. The smallest absolute Gasteiger partial charge is 0.124 e. The first kappa shape index (κ1) is 11.8. The van der Waals surface area contributed by atoms with Crippen molar-refractivity contribution in [3.05, 3.63) is 23.8 Å². The lowest BCUT2D eigenvalue weighted by molar-refractivity contribution is 0.153. The van der Waals surface area contributed by atoms with E-state index in [1.807, 2.05) is 6.07 Å². The van der Waals surface area contributed by atoms with Crippen LogP contribution in [-0.4, -0.2) is 41.3 Å².